The Morgan fingerprint density at radius 2 is 1.25 bits per heavy atom. The summed E-state index contributed by atoms with van der Waals surface area (Å²) in [5.74, 6) is 0.627. The summed E-state index contributed by atoms with van der Waals surface area (Å²) in [5.41, 5.74) is 1.21. The molecule has 0 saturated heterocycles. The fourth-order valence-corrected chi connectivity index (χ4v) is 1.60. The Hall–Kier alpha value is -1.26. The van der Waals surface area contributed by atoms with Gasteiger partial charge in [-0.3, -0.25) is 0 Å². The molecule has 84 valence electrons. The number of methoxy groups -OCH3 is 2. The van der Waals surface area contributed by atoms with Crippen LogP contribution in [0.2, 0.25) is 10.0 Å². The van der Waals surface area contributed by atoms with Gasteiger partial charge in [0.05, 0.1) is 35.3 Å². The minimum Gasteiger partial charge on any atom is -0.477 e. The lowest BCUT2D eigenvalue weighted by Crippen LogP contribution is -1.97. The zero-order valence-electron chi connectivity index (χ0n) is 8.62. The van der Waals surface area contributed by atoms with Crippen LogP contribution < -0.4 is 9.47 Å². The van der Waals surface area contributed by atoms with Crippen LogP contribution in [0.5, 0.6) is 11.8 Å². The van der Waals surface area contributed by atoms with Gasteiger partial charge >= 0.3 is 0 Å². The molecule has 0 aliphatic rings. The molecule has 0 radical (unpaired) electrons. The smallest absolute Gasteiger partial charge is 0.278 e. The average Bonchev–Trinajstić information content (AvgIpc) is 2.29. The Bertz CT molecular complexity index is 497. The Labute approximate surface area is 102 Å². The molecule has 16 heavy (non-hydrogen) atoms. The van der Waals surface area contributed by atoms with E-state index in [2.05, 4.69) is 9.97 Å². The summed E-state index contributed by atoms with van der Waals surface area (Å²) in [6.07, 6.45) is 0. The normalized spacial score (nSPS) is 10.5. The van der Waals surface area contributed by atoms with Crippen LogP contribution in [-0.4, -0.2) is 24.2 Å². The number of benzene rings is 1. The van der Waals surface area contributed by atoms with E-state index in [0.717, 1.165) is 0 Å². The molecule has 1 aromatic heterocycles. The van der Waals surface area contributed by atoms with Crippen molar-refractivity contribution in [3.63, 3.8) is 0 Å². The van der Waals surface area contributed by atoms with Gasteiger partial charge in [-0.05, 0) is 12.1 Å². The quantitative estimate of drug-likeness (QED) is 0.831. The fraction of sp³-hybridized carbons (Fsp3) is 0.200. The van der Waals surface area contributed by atoms with Crippen LogP contribution in [0.25, 0.3) is 11.0 Å². The predicted octanol–water partition coefficient (Wildman–Crippen LogP) is 2.95. The Morgan fingerprint density at radius 3 is 1.56 bits per heavy atom. The molecule has 0 unspecified atom stereocenters. The minimum atomic E-state index is 0.313. The number of halogens is 2. The number of nitrogens with zero attached hydrogens (tertiary/aromatic N) is 2. The van der Waals surface area contributed by atoms with Crippen LogP contribution in [0.4, 0.5) is 0 Å². The van der Waals surface area contributed by atoms with Gasteiger partial charge in [0.25, 0.3) is 11.8 Å². The van der Waals surface area contributed by atoms with Crippen LogP contribution in [0.3, 0.4) is 0 Å². The van der Waals surface area contributed by atoms with E-state index >= 15 is 0 Å². The summed E-state index contributed by atoms with van der Waals surface area (Å²) < 4.78 is 10.1. The highest BCUT2D eigenvalue weighted by Crippen LogP contribution is 2.30. The first-order valence-corrected chi connectivity index (χ1v) is 5.16. The maximum atomic E-state index is 5.89. The largest absolute Gasteiger partial charge is 0.477 e. The summed E-state index contributed by atoms with van der Waals surface area (Å²) in [4.78, 5) is 8.43. The standard InChI is InChI=1S/C10H8Cl2N2O2/c1-15-9-10(16-2)14-8-4-6(12)5(11)3-7(8)13-9/h3-4H,1-2H3. The molecule has 1 heterocycles. The summed E-state index contributed by atoms with van der Waals surface area (Å²) in [6.45, 7) is 0. The highest BCUT2D eigenvalue weighted by atomic mass is 35.5. The highest BCUT2D eigenvalue weighted by molar-refractivity contribution is 6.42. The van der Waals surface area contributed by atoms with E-state index in [0.29, 0.717) is 32.8 Å². The second-order valence-electron chi connectivity index (χ2n) is 3.00. The van der Waals surface area contributed by atoms with Crippen molar-refractivity contribution >= 4 is 34.2 Å². The molecule has 0 atom stereocenters. The number of ether oxygens (including phenoxy) is 2. The molecule has 2 aromatic rings. The lowest BCUT2D eigenvalue weighted by atomic mass is 10.3. The number of hydrogen-bond donors (Lipinski definition) is 0. The first-order chi connectivity index (χ1) is 7.65. The van der Waals surface area contributed by atoms with Crippen LogP contribution in [0.15, 0.2) is 12.1 Å². The van der Waals surface area contributed by atoms with Gasteiger partial charge in [0.1, 0.15) is 0 Å². The number of aromatic nitrogens is 2. The summed E-state index contributed by atoms with van der Waals surface area (Å²) in [5, 5.41) is 0.853. The topological polar surface area (TPSA) is 44.2 Å². The third-order valence-corrected chi connectivity index (χ3v) is 2.75. The summed E-state index contributed by atoms with van der Waals surface area (Å²) in [7, 11) is 2.99. The number of fused-ring (bicyclic) bond motifs is 1. The molecule has 0 bridgehead atoms. The SMILES string of the molecule is COc1nc2cc(Cl)c(Cl)cc2nc1OC. The molecule has 0 saturated carbocycles. The van der Waals surface area contributed by atoms with Crippen molar-refractivity contribution in [3.8, 4) is 11.8 Å². The molecule has 0 spiro atoms. The van der Waals surface area contributed by atoms with E-state index in [4.69, 9.17) is 32.7 Å². The van der Waals surface area contributed by atoms with Gasteiger partial charge in [-0.25, -0.2) is 9.97 Å². The lowest BCUT2D eigenvalue weighted by Gasteiger charge is -2.07. The van der Waals surface area contributed by atoms with Crippen LogP contribution >= 0.6 is 23.2 Å². The molecular weight excluding hydrogens is 251 g/mol. The highest BCUT2D eigenvalue weighted by Gasteiger charge is 2.11. The van der Waals surface area contributed by atoms with Crippen LogP contribution in [0.1, 0.15) is 0 Å². The molecule has 1 aromatic carbocycles. The fourth-order valence-electron chi connectivity index (χ4n) is 1.29. The Kier molecular flexibility index (Phi) is 3.03. The Morgan fingerprint density at radius 1 is 0.875 bits per heavy atom. The van der Waals surface area contributed by atoms with Crippen molar-refractivity contribution in [2.24, 2.45) is 0 Å². The first kappa shape index (κ1) is 11.2. The second-order valence-corrected chi connectivity index (χ2v) is 3.81. The van der Waals surface area contributed by atoms with Crippen molar-refractivity contribution in [3.05, 3.63) is 22.2 Å². The monoisotopic (exact) mass is 258 g/mol. The minimum absolute atomic E-state index is 0.313. The van der Waals surface area contributed by atoms with Crippen molar-refractivity contribution in [1.82, 2.24) is 9.97 Å². The third-order valence-electron chi connectivity index (χ3n) is 2.03. The lowest BCUT2D eigenvalue weighted by molar-refractivity contribution is 0.334. The summed E-state index contributed by atoms with van der Waals surface area (Å²) in [6, 6.07) is 3.27. The molecule has 0 aliphatic heterocycles. The molecular formula is C10H8Cl2N2O2. The molecule has 6 heteroatoms. The second kappa shape index (κ2) is 4.31. The van der Waals surface area contributed by atoms with Gasteiger partial charge in [0.15, 0.2) is 0 Å². The van der Waals surface area contributed by atoms with Crippen LogP contribution in [0, 0.1) is 0 Å². The van der Waals surface area contributed by atoms with E-state index in [-0.39, 0.29) is 0 Å². The van der Waals surface area contributed by atoms with Gasteiger partial charge < -0.3 is 9.47 Å². The van der Waals surface area contributed by atoms with Crippen molar-refractivity contribution in [1.29, 1.82) is 0 Å². The predicted molar refractivity (Wildman–Crippen MR) is 62.7 cm³/mol. The number of hydrogen-bond acceptors (Lipinski definition) is 4. The van der Waals surface area contributed by atoms with Gasteiger partial charge in [-0.15, -0.1) is 0 Å². The van der Waals surface area contributed by atoms with Gasteiger partial charge in [0, 0.05) is 0 Å². The molecule has 0 aliphatic carbocycles. The van der Waals surface area contributed by atoms with E-state index in [1.807, 2.05) is 0 Å². The zero-order chi connectivity index (χ0) is 11.7. The van der Waals surface area contributed by atoms with Gasteiger partial charge in [-0.1, -0.05) is 23.2 Å². The molecule has 2 rings (SSSR count). The maximum Gasteiger partial charge on any atom is 0.278 e. The van der Waals surface area contributed by atoms with Crippen molar-refractivity contribution in [2.45, 2.75) is 0 Å². The first-order valence-electron chi connectivity index (χ1n) is 4.40. The Balaban J connectivity index is 2.73. The van der Waals surface area contributed by atoms with Crippen molar-refractivity contribution in [2.75, 3.05) is 14.2 Å². The summed E-state index contributed by atoms with van der Waals surface area (Å²) >= 11 is 11.8. The maximum absolute atomic E-state index is 5.89. The third kappa shape index (κ3) is 1.86. The van der Waals surface area contributed by atoms with Gasteiger partial charge in [0.2, 0.25) is 0 Å². The molecule has 0 N–H and O–H groups in total. The van der Waals surface area contributed by atoms with E-state index in [1.165, 1.54) is 14.2 Å². The van der Waals surface area contributed by atoms with Gasteiger partial charge in [-0.2, -0.15) is 0 Å². The molecule has 0 fully saturated rings. The zero-order valence-corrected chi connectivity index (χ0v) is 10.1. The van der Waals surface area contributed by atoms with Crippen molar-refractivity contribution < 1.29 is 9.47 Å². The van der Waals surface area contributed by atoms with E-state index in [1.54, 1.807) is 12.1 Å². The van der Waals surface area contributed by atoms with E-state index in [9.17, 15) is 0 Å². The van der Waals surface area contributed by atoms with Crippen LogP contribution in [-0.2, 0) is 0 Å². The average molecular weight is 259 g/mol. The molecule has 0 amide bonds. The van der Waals surface area contributed by atoms with E-state index < -0.39 is 0 Å². The molecule has 4 nitrogen and oxygen atoms in total. The number of rotatable bonds is 2.